The molecule has 0 fully saturated rings. The molecule has 3 rings (SSSR count). The summed E-state index contributed by atoms with van der Waals surface area (Å²) in [6.07, 6.45) is 2.73. The van der Waals surface area contributed by atoms with E-state index in [0.717, 1.165) is 18.4 Å². The number of anilines is 2. The van der Waals surface area contributed by atoms with Crippen molar-refractivity contribution in [2.75, 3.05) is 4.90 Å². The van der Waals surface area contributed by atoms with Gasteiger partial charge in [0.1, 0.15) is 0 Å². The average Bonchev–Trinajstić information content (AvgIpc) is 2.54. The second kappa shape index (κ2) is 5.90. The Morgan fingerprint density at radius 1 is 1.14 bits per heavy atom. The van der Waals surface area contributed by atoms with Gasteiger partial charge in [0, 0.05) is 17.4 Å². The molecule has 0 spiro atoms. The lowest BCUT2D eigenvalue weighted by molar-refractivity contribution is 0.173. The molecular formula is C19H23NO. The molecule has 0 saturated carbocycles. The van der Waals surface area contributed by atoms with Crippen LogP contribution in [0, 0.1) is 0 Å². The van der Waals surface area contributed by atoms with Gasteiger partial charge in [-0.3, -0.25) is 0 Å². The first-order valence-corrected chi connectivity index (χ1v) is 7.86. The molecule has 2 aromatic rings. The Labute approximate surface area is 127 Å². The van der Waals surface area contributed by atoms with E-state index < -0.39 is 0 Å². The van der Waals surface area contributed by atoms with E-state index in [4.69, 9.17) is 0 Å². The third-order valence-corrected chi connectivity index (χ3v) is 4.47. The minimum Gasteiger partial charge on any atom is -0.388 e. The maximum Gasteiger partial charge on any atom is 0.0787 e. The van der Waals surface area contributed by atoms with E-state index in [1.165, 1.54) is 23.4 Å². The van der Waals surface area contributed by atoms with Crippen LogP contribution in [0.5, 0.6) is 0 Å². The van der Waals surface area contributed by atoms with Gasteiger partial charge in [-0.05, 0) is 55.5 Å². The first-order chi connectivity index (χ1) is 10.2. The van der Waals surface area contributed by atoms with Crippen LogP contribution < -0.4 is 4.90 Å². The van der Waals surface area contributed by atoms with Crippen LogP contribution in [0.2, 0.25) is 0 Å². The zero-order valence-electron chi connectivity index (χ0n) is 12.8. The number of aliphatic hydroxyl groups is 1. The third-order valence-electron chi connectivity index (χ3n) is 4.47. The van der Waals surface area contributed by atoms with Gasteiger partial charge in [0.2, 0.25) is 0 Å². The fourth-order valence-corrected chi connectivity index (χ4v) is 3.17. The number of fused-ring (bicyclic) bond motifs is 1. The molecule has 1 unspecified atom stereocenters. The molecule has 1 aliphatic heterocycles. The summed E-state index contributed by atoms with van der Waals surface area (Å²) in [5.41, 5.74) is 4.95. The lowest BCUT2D eigenvalue weighted by atomic mass is 9.95. The van der Waals surface area contributed by atoms with Gasteiger partial charge in [-0.25, -0.2) is 0 Å². The molecule has 0 radical (unpaired) electrons. The molecule has 1 heterocycles. The highest BCUT2D eigenvalue weighted by atomic mass is 16.3. The summed E-state index contributed by atoms with van der Waals surface area (Å²) in [6, 6.07) is 17.5. The predicted octanol–water partition coefficient (Wildman–Crippen LogP) is 4.60. The van der Waals surface area contributed by atoms with Crippen molar-refractivity contribution in [2.24, 2.45) is 0 Å². The Balaban J connectivity index is 1.96. The Kier molecular flexibility index (Phi) is 3.98. The Hall–Kier alpha value is -1.80. The maximum atomic E-state index is 9.93. The molecule has 1 aliphatic rings. The molecule has 0 amide bonds. The SMILES string of the molecule is CC[C@@H](O)c1ccc(N2c3ccccc3CCC2C)cc1. The minimum absolute atomic E-state index is 0.356. The van der Waals surface area contributed by atoms with Crippen LogP contribution in [-0.4, -0.2) is 11.1 Å². The summed E-state index contributed by atoms with van der Waals surface area (Å²) in [4.78, 5) is 2.42. The quantitative estimate of drug-likeness (QED) is 0.888. The van der Waals surface area contributed by atoms with Crippen LogP contribution in [0.3, 0.4) is 0 Å². The van der Waals surface area contributed by atoms with Gasteiger partial charge in [0.25, 0.3) is 0 Å². The normalized spacial score (nSPS) is 19.2. The van der Waals surface area contributed by atoms with Gasteiger partial charge in [0.05, 0.1) is 6.10 Å². The minimum atomic E-state index is -0.356. The molecule has 2 atom stereocenters. The fourth-order valence-electron chi connectivity index (χ4n) is 3.17. The zero-order valence-corrected chi connectivity index (χ0v) is 12.8. The van der Waals surface area contributed by atoms with E-state index in [0.29, 0.717) is 6.04 Å². The number of aliphatic hydroxyl groups excluding tert-OH is 1. The van der Waals surface area contributed by atoms with Crippen molar-refractivity contribution < 1.29 is 5.11 Å². The van der Waals surface area contributed by atoms with Crippen molar-refractivity contribution in [2.45, 2.75) is 45.3 Å². The third kappa shape index (κ3) is 2.68. The summed E-state index contributed by atoms with van der Waals surface area (Å²) in [5.74, 6) is 0. The van der Waals surface area contributed by atoms with E-state index in [1.807, 2.05) is 19.1 Å². The number of aryl methyl sites for hydroxylation is 1. The fraction of sp³-hybridized carbons (Fsp3) is 0.368. The predicted molar refractivity (Wildman–Crippen MR) is 88.1 cm³/mol. The van der Waals surface area contributed by atoms with E-state index in [2.05, 4.69) is 48.2 Å². The van der Waals surface area contributed by atoms with Crippen LogP contribution in [0.25, 0.3) is 0 Å². The second-order valence-corrected chi connectivity index (χ2v) is 5.90. The van der Waals surface area contributed by atoms with Gasteiger partial charge >= 0.3 is 0 Å². The molecule has 0 saturated heterocycles. The van der Waals surface area contributed by atoms with Crippen LogP contribution in [-0.2, 0) is 6.42 Å². The van der Waals surface area contributed by atoms with Crippen molar-refractivity contribution in [1.82, 2.24) is 0 Å². The zero-order chi connectivity index (χ0) is 14.8. The molecule has 2 heteroatoms. The lowest BCUT2D eigenvalue weighted by Gasteiger charge is -2.37. The van der Waals surface area contributed by atoms with Gasteiger partial charge in [-0.2, -0.15) is 0 Å². The highest BCUT2D eigenvalue weighted by Gasteiger charge is 2.23. The molecule has 0 bridgehead atoms. The Morgan fingerprint density at radius 2 is 1.86 bits per heavy atom. The summed E-state index contributed by atoms with van der Waals surface area (Å²) in [6.45, 7) is 4.28. The largest absolute Gasteiger partial charge is 0.388 e. The van der Waals surface area contributed by atoms with Gasteiger partial charge in [-0.1, -0.05) is 37.3 Å². The molecule has 2 aromatic carbocycles. The second-order valence-electron chi connectivity index (χ2n) is 5.90. The van der Waals surface area contributed by atoms with Gasteiger partial charge in [0.15, 0.2) is 0 Å². The summed E-state index contributed by atoms with van der Waals surface area (Å²) in [7, 11) is 0. The number of hydrogen-bond acceptors (Lipinski definition) is 2. The lowest BCUT2D eigenvalue weighted by Crippen LogP contribution is -2.33. The topological polar surface area (TPSA) is 23.5 Å². The monoisotopic (exact) mass is 281 g/mol. The van der Waals surface area contributed by atoms with Crippen LogP contribution in [0.15, 0.2) is 48.5 Å². The van der Waals surface area contributed by atoms with E-state index in [1.54, 1.807) is 0 Å². The van der Waals surface area contributed by atoms with E-state index in [9.17, 15) is 5.11 Å². The molecule has 21 heavy (non-hydrogen) atoms. The Morgan fingerprint density at radius 3 is 2.57 bits per heavy atom. The molecule has 1 N–H and O–H groups in total. The highest BCUT2D eigenvalue weighted by Crippen LogP contribution is 2.37. The average molecular weight is 281 g/mol. The van der Waals surface area contributed by atoms with Crippen molar-refractivity contribution in [3.05, 3.63) is 59.7 Å². The molecule has 0 aromatic heterocycles. The number of para-hydroxylation sites is 1. The number of rotatable bonds is 3. The van der Waals surface area contributed by atoms with Crippen LogP contribution in [0.4, 0.5) is 11.4 Å². The van der Waals surface area contributed by atoms with Crippen molar-refractivity contribution in [3.63, 3.8) is 0 Å². The first-order valence-electron chi connectivity index (χ1n) is 7.86. The molecule has 110 valence electrons. The highest BCUT2D eigenvalue weighted by molar-refractivity contribution is 5.68. The first kappa shape index (κ1) is 14.2. The molecular weight excluding hydrogens is 258 g/mol. The maximum absolute atomic E-state index is 9.93. The van der Waals surface area contributed by atoms with E-state index >= 15 is 0 Å². The van der Waals surface area contributed by atoms with Crippen LogP contribution >= 0.6 is 0 Å². The molecule has 0 aliphatic carbocycles. The number of nitrogens with zero attached hydrogens (tertiary/aromatic N) is 1. The van der Waals surface area contributed by atoms with Crippen LogP contribution in [0.1, 0.15) is 43.9 Å². The van der Waals surface area contributed by atoms with E-state index in [-0.39, 0.29) is 6.10 Å². The summed E-state index contributed by atoms with van der Waals surface area (Å²) < 4.78 is 0. The summed E-state index contributed by atoms with van der Waals surface area (Å²) in [5, 5.41) is 9.93. The standard InChI is InChI=1S/C19H23NO/c1-3-19(21)16-10-12-17(13-11-16)20-14(2)8-9-15-6-4-5-7-18(15)20/h4-7,10-14,19,21H,3,8-9H2,1-2H3/t14?,19-/m1/s1. The van der Waals surface area contributed by atoms with Gasteiger partial charge < -0.3 is 10.0 Å². The summed E-state index contributed by atoms with van der Waals surface area (Å²) >= 11 is 0. The van der Waals surface area contributed by atoms with Crippen molar-refractivity contribution in [3.8, 4) is 0 Å². The number of benzene rings is 2. The number of hydrogen-bond donors (Lipinski definition) is 1. The smallest absolute Gasteiger partial charge is 0.0787 e. The Bertz CT molecular complexity index is 605. The van der Waals surface area contributed by atoms with Gasteiger partial charge in [-0.15, -0.1) is 0 Å². The molecule has 2 nitrogen and oxygen atoms in total. The van der Waals surface area contributed by atoms with Crippen molar-refractivity contribution in [1.29, 1.82) is 0 Å². The van der Waals surface area contributed by atoms with Crippen molar-refractivity contribution >= 4 is 11.4 Å².